The highest BCUT2D eigenvalue weighted by Crippen LogP contribution is 2.25. The van der Waals surface area contributed by atoms with Crippen molar-refractivity contribution in [1.82, 2.24) is 0 Å². The molecule has 2 N–H and O–H groups in total. The zero-order valence-corrected chi connectivity index (χ0v) is 9.97. The van der Waals surface area contributed by atoms with Crippen molar-refractivity contribution in [2.45, 2.75) is 32.7 Å². The van der Waals surface area contributed by atoms with Gasteiger partial charge in [-0.25, -0.2) is 13.6 Å². The number of carboxylic acid groups (broad SMARTS) is 1. The van der Waals surface area contributed by atoms with Crippen LogP contribution in [0.3, 0.4) is 0 Å². The second-order valence-electron chi connectivity index (χ2n) is 4.48. The highest BCUT2D eigenvalue weighted by atomic mass is 19.1. The van der Waals surface area contributed by atoms with Gasteiger partial charge in [-0.05, 0) is 32.4 Å². The van der Waals surface area contributed by atoms with Crippen LogP contribution in [0, 0.1) is 11.6 Å². The third-order valence-electron chi connectivity index (χ3n) is 2.64. The minimum absolute atomic E-state index is 0.290. The molecule has 0 bridgehead atoms. The van der Waals surface area contributed by atoms with E-state index < -0.39 is 28.7 Å². The first-order valence-corrected chi connectivity index (χ1v) is 5.27. The fourth-order valence-corrected chi connectivity index (χ4v) is 1.24. The van der Waals surface area contributed by atoms with Gasteiger partial charge in [0, 0.05) is 5.54 Å². The molecule has 17 heavy (non-hydrogen) atoms. The minimum atomic E-state index is -1.36. The first-order valence-electron chi connectivity index (χ1n) is 5.27. The third kappa shape index (κ3) is 3.15. The molecule has 1 aromatic rings. The van der Waals surface area contributed by atoms with Crippen LogP contribution < -0.4 is 5.32 Å². The van der Waals surface area contributed by atoms with Gasteiger partial charge in [0.1, 0.15) is 17.3 Å². The van der Waals surface area contributed by atoms with Gasteiger partial charge in [0.05, 0.1) is 5.56 Å². The molecule has 0 aliphatic rings. The van der Waals surface area contributed by atoms with Gasteiger partial charge in [-0.2, -0.15) is 0 Å². The lowest BCUT2D eigenvalue weighted by atomic mass is 10.0. The number of carbonyl (C=O) groups is 1. The van der Waals surface area contributed by atoms with Gasteiger partial charge < -0.3 is 10.4 Å². The summed E-state index contributed by atoms with van der Waals surface area (Å²) < 4.78 is 27.1. The SMILES string of the molecule is CCC(C)(C)Nc1c(F)cc(C(=O)O)cc1F. The summed E-state index contributed by atoms with van der Waals surface area (Å²) in [7, 11) is 0. The monoisotopic (exact) mass is 243 g/mol. The van der Waals surface area contributed by atoms with E-state index in [9.17, 15) is 13.6 Å². The van der Waals surface area contributed by atoms with Crippen LogP contribution in [0.15, 0.2) is 12.1 Å². The maximum atomic E-state index is 13.6. The highest BCUT2D eigenvalue weighted by Gasteiger charge is 2.21. The van der Waals surface area contributed by atoms with Crippen LogP contribution in [0.25, 0.3) is 0 Å². The molecule has 0 amide bonds. The Labute approximate surface area is 98.5 Å². The molecule has 1 rings (SSSR count). The van der Waals surface area contributed by atoms with Crippen molar-refractivity contribution >= 4 is 11.7 Å². The van der Waals surface area contributed by atoms with E-state index in [0.29, 0.717) is 6.42 Å². The predicted molar refractivity (Wildman–Crippen MR) is 61.3 cm³/mol. The molecule has 0 unspecified atom stereocenters. The summed E-state index contributed by atoms with van der Waals surface area (Å²) in [6.45, 7) is 5.49. The Kier molecular flexibility index (Phi) is 3.70. The summed E-state index contributed by atoms with van der Waals surface area (Å²) in [5.41, 5.74) is -1.16. The van der Waals surface area contributed by atoms with Gasteiger partial charge in [0.2, 0.25) is 0 Å². The fourth-order valence-electron chi connectivity index (χ4n) is 1.24. The standard InChI is InChI=1S/C12H15F2NO2/c1-4-12(2,3)15-10-8(13)5-7(11(16)17)6-9(10)14/h5-6,15H,4H2,1-3H3,(H,16,17). The molecule has 0 saturated heterocycles. The molecule has 0 aliphatic heterocycles. The molecule has 0 heterocycles. The quantitative estimate of drug-likeness (QED) is 0.853. The van der Waals surface area contributed by atoms with Crippen molar-refractivity contribution in [2.75, 3.05) is 5.32 Å². The maximum Gasteiger partial charge on any atom is 0.335 e. The van der Waals surface area contributed by atoms with Crippen LogP contribution in [0.4, 0.5) is 14.5 Å². The van der Waals surface area contributed by atoms with Crippen LogP contribution in [0.2, 0.25) is 0 Å². The number of aromatic carboxylic acids is 1. The molecule has 0 fully saturated rings. The van der Waals surface area contributed by atoms with E-state index in [-0.39, 0.29) is 5.69 Å². The van der Waals surface area contributed by atoms with Crippen molar-refractivity contribution < 1.29 is 18.7 Å². The topological polar surface area (TPSA) is 49.3 Å². The summed E-state index contributed by atoms with van der Waals surface area (Å²) >= 11 is 0. The van der Waals surface area contributed by atoms with Crippen LogP contribution in [0.5, 0.6) is 0 Å². The molecular formula is C12H15F2NO2. The molecule has 0 spiro atoms. The zero-order valence-electron chi connectivity index (χ0n) is 9.97. The normalized spacial score (nSPS) is 11.4. The first kappa shape index (κ1) is 13.4. The Morgan fingerprint density at radius 3 is 2.18 bits per heavy atom. The Balaban J connectivity index is 3.15. The van der Waals surface area contributed by atoms with Crippen LogP contribution in [-0.2, 0) is 0 Å². The number of benzene rings is 1. The van der Waals surface area contributed by atoms with Gasteiger partial charge >= 0.3 is 5.97 Å². The van der Waals surface area contributed by atoms with E-state index in [1.165, 1.54) is 0 Å². The van der Waals surface area contributed by atoms with Crippen molar-refractivity contribution in [3.63, 3.8) is 0 Å². The van der Waals surface area contributed by atoms with Crippen LogP contribution >= 0.6 is 0 Å². The van der Waals surface area contributed by atoms with E-state index in [2.05, 4.69) is 5.32 Å². The Hall–Kier alpha value is -1.65. The molecule has 94 valence electrons. The summed E-state index contributed by atoms with van der Waals surface area (Å²) in [4.78, 5) is 10.6. The molecule has 0 radical (unpaired) electrons. The summed E-state index contributed by atoms with van der Waals surface area (Å²) in [5, 5.41) is 11.4. The van der Waals surface area contributed by atoms with Crippen LogP contribution in [0.1, 0.15) is 37.6 Å². The number of anilines is 1. The van der Waals surface area contributed by atoms with Crippen molar-refractivity contribution in [3.8, 4) is 0 Å². The molecule has 0 aromatic heterocycles. The first-order chi connectivity index (χ1) is 7.76. The van der Waals surface area contributed by atoms with Gasteiger partial charge in [-0.15, -0.1) is 0 Å². The van der Waals surface area contributed by atoms with E-state index in [1.54, 1.807) is 13.8 Å². The number of carboxylic acids is 1. The fraction of sp³-hybridized carbons (Fsp3) is 0.417. The smallest absolute Gasteiger partial charge is 0.335 e. The van der Waals surface area contributed by atoms with Gasteiger partial charge in [-0.1, -0.05) is 6.92 Å². The lowest BCUT2D eigenvalue weighted by Gasteiger charge is -2.26. The van der Waals surface area contributed by atoms with E-state index >= 15 is 0 Å². The molecule has 0 aliphatic carbocycles. The Morgan fingerprint density at radius 1 is 1.35 bits per heavy atom. The number of hydrogen-bond donors (Lipinski definition) is 2. The summed E-state index contributed by atoms with van der Waals surface area (Å²) in [6.07, 6.45) is 0.673. The minimum Gasteiger partial charge on any atom is -0.478 e. The second-order valence-corrected chi connectivity index (χ2v) is 4.48. The molecule has 0 atom stereocenters. The van der Waals surface area contributed by atoms with Gasteiger partial charge in [0.15, 0.2) is 0 Å². The van der Waals surface area contributed by atoms with E-state index in [1.807, 2.05) is 6.92 Å². The van der Waals surface area contributed by atoms with E-state index in [0.717, 1.165) is 12.1 Å². The predicted octanol–water partition coefficient (Wildman–Crippen LogP) is 3.26. The summed E-state index contributed by atoms with van der Waals surface area (Å²) in [5.74, 6) is -3.16. The van der Waals surface area contributed by atoms with Crippen molar-refractivity contribution in [2.24, 2.45) is 0 Å². The molecule has 5 heteroatoms. The zero-order chi connectivity index (χ0) is 13.2. The van der Waals surface area contributed by atoms with Gasteiger partial charge in [-0.3, -0.25) is 0 Å². The average molecular weight is 243 g/mol. The number of nitrogens with one attached hydrogen (secondary N) is 1. The largest absolute Gasteiger partial charge is 0.478 e. The Morgan fingerprint density at radius 2 is 1.82 bits per heavy atom. The number of halogens is 2. The third-order valence-corrected chi connectivity index (χ3v) is 2.64. The van der Waals surface area contributed by atoms with E-state index in [4.69, 9.17) is 5.11 Å². The summed E-state index contributed by atoms with van der Waals surface area (Å²) in [6, 6.07) is 1.61. The lowest BCUT2D eigenvalue weighted by Crippen LogP contribution is -2.30. The average Bonchev–Trinajstić information content (AvgIpc) is 2.23. The number of hydrogen-bond acceptors (Lipinski definition) is 2. The molecule has 1 aromatic carbocycles. The van der Waals surface area contributed by atoms with Crippen molar-refractivity contribution in [1.29, 1.82) is 0 Å². The molecular weight excluding hydrogens is 228 g/mol. The maximum absolute atomic E-state index is 13.6. The number of rotatable bonds is 4. The van der Waals surface area contributed by atoms with Crippen LogP contribution in [-0.4, -0.2) is 16.6 Å². The van der Waals surface area contributed by atoms with Gasteiger partial charge in [0.25, 0.3) is 0 Å². The second kappa shape index (κ2) is 4.69. The van der Waals surface area contributed by atoms with Crippen molar-refractivity contribution in [3.05, 3.63) is 29.3 Å². The molecule has 0 saturated carbocycles. The Bertz CT molecular complexity index is 421. The molecule has 3 nitrogen and oxygen atoms in total. The lowest BCUT2D eigenvalue weighted by molar-refractivity contribution is 0.0696. The highest BCUT2D eigenvalue weighted by molar-refractivity contribution is 5.88.